The van der Waals surface area contributed by atoms with Gasteiger partial charge in [-0.3, -0.25) is 4.79 Å². The second kappa shape index (κ2) is 25.7. The number of aryl methyl sites for hydroxylation is 2. The maximum absolute atomic E-state index is 12.1. The lowest BCUT2D eigenvalue weighted by atomic mass is 10.0. The minimum absolute atomic E-state index is 0.118. The highest BCUT2D eigenvalue weighted by atomic mass is 16.6. The molecule has 12 nitrogen and oxygen atoms in total. The van der Waals surface area contributed by atoms with Crippen molar-refractivity contribution < 1.29 is 38.1 Å². The predicted molar refractivity (Wildman–Crippen MR) is 172 cm³/mol. The van der Waals surface area contributed by atoms with E-state index in [2.05, 4.69) is 15.6 Å². The Morgan fingerprint density at radius 3 is 1.91 bits per heavy atom. The number of nitrogens with one attached hydrogen (secondary N) is 1. The molecule has 45 heavy (non-hydrogen) atoms. The number of hydrogen-bond acceptors (Lipinski definition) is 10. The van der Waals surface area contributed by atoms with E-state index in [1.54, 1.807) is 13.8 Å². The zero-order valence-electron chi connectivity index (χ0n) is 28.8. The van der Waals surface area contributed by atoms with Crippen LogP contribution in [0, 0.1) is 17.8 Å². The van der Waals surface area contributed by atoms with Gasteiger partial charge in [0.1, 0.15) is 11.6 Å². The number of carbonyl (C=O) groups excluding carboxylic acids is 3. The summed E-state index contributed by atoms with van der Waals surface area (Å²) >= 11 is 0. The summed E-state index contributed by atoms with van der Waals surface area (Å²) in [4.78, 5) is 34.1. The maximum atomic E-state index is 12.1. The lowest BCUT2D eigenvalue weighted by Gasteiger charge is -2.10. The van der Waals surface area contributed by atoms with Crippen LogP contribution < -0.4 is 5.32 Å². The summed E-state index contributed by atoms with van der Waals surface area (Å²) in [6, 6.07) is 0. The summed E-state index contributed by atoms with van der Waals surface area (Å²) in [5.74, 6) is 1.93. The van der Waals surface area contributed by atoms with Crippen LogP contribution in [0.1, 0.15) is 91.5 Å². The van der Waals surface area contributed by atoms with E-state index in [1.165, 1.54) is 5.69 Å². The molecule has 1 N–H and O–H groups in total. The average molecular weight is 641 g/mol. The molecule has 2 aliphatic carbocycles. The summed E-state index contributed by atoms with van der Waals surface area (Å²) in [6.45, 7) is 16.4. The number of aromatic nitrogens is 3. The average Bonchev–Trinajstić information content (AvgIpc) is 3.54. The molecule has 1 aromatic rings. The molecule has 260 valence electrons. The monoisotopic (exact) mass is 640 g/mol. The van der Waals surface area contributed by atoms with Gasteiger partial charge in [0.2, 0.25) is 0 Å². The predicted octanol–water partition coefficient (Wildman–Crippen LogP) is 4.60. The van der Waals surface area contributed by atoms with E-state index in [-0.39, 0.29) is 11.6 Å². The van der Waals surface area contributed by atoms with Gasteiger partial charge in [0.15, 0.2) is 0 Å². The third kappa shape index (κ3) is 17.8. The summed E-state index contributed by atoms with van der Waals surface area (Å²) in [6.07, 6.45) is 6.45. The Hall–Kier alpha value is -2.41. The molecule has 1 aromatic heterocycles. The molecule has 0 radical (unpaired) electrons. The highest BCUT2D eigenvalue weighted by molar-refractivity contribution is 5.75. The zero-order chi connectivity index (χ0) is 33.3. The molecule has 0 spiro atoms. The number of Topliss-reactive ketones (excluding diaryl/α,β-unsaturated/α-hetero) is 2. The molecule has 1 amide bonds. The van der Waals surface area contributed by atoms with Crippen LogP contribution in [-0.4, -0.2) is 98.7 Å². The van der Waals surface area contributed by atoms with Crippen molar-refractivity contribution >= 4 is 17.7 Å². The minimum atomic E-state index is -0.405. The molecule has 1 fully saturated rings. The Labute approximate surface area is 270 Å². The van der Waals surface area contributed by atoms with Gasteiger partial charge < -0.3 is 33.8 Å². The standard InChI is InChI=1S/C29H48N4O8.2C2H6/c1-22(34)5-3-4-12-33-28-9-7-25-24(6-8-27(28)31-32-33)26(25)21-41-29(36)30-11-14-38-16-18-40-20-19-39-17-15-37-13-10-23(2)35;2*1-2/h24-26H,3-21H2,1-2H3,(H,30,36);2*1-2H3. The number of nitrogens with zero attached hydrogens (tertiary/aromatic N) is 3. The molecule has 1 saturated carbocycles. The number of hydrogen-bond donors (Lipinski definition) is 1. The number of amides is 1. The van der Waals surface area contributed by atoms with Crippen molar-refractivity contribution in [3.8, 4) is 0 Å². The topological polar surface area (TPSA) is 140 Å². The molecule has 0 bridgehead atoms. The summed E-state index contributed by atoms with van der Waals surface area (Å²) in [5, 5.41) is 11.5. The van der Waals surface area contributed by atoms with E-state index < -0.39 is 6.09 Å². The van der Waals surface area contributed by atoms with Gasteiger partial charge in [-0.2, -0.15) is 0 Å². The smallest absolute Gasteiger partial charge is 0.407 e. The quantitative estimate of drug-likeness (QED) is 0.179. The Bertz CT molecular complexity index is 942. The van der Waals surface area contributed by atoms with Gasteiger partial charge in [0, 0.05) is 25.9 Å². The Kier molecular flexibility index (Phi) is 23.2. The summed E-state index contributed by atoms with van der Waals surface area (Å²) in [5.41, 5.74) is 2.33. The van der Waals surface area contributed by atoms with E-state index in [0.29, 0.717) is 96.6 Å². The van der Waals surface area contributed by atoms with Crippen molar-refractivity contribution in [3.63, 3.8) is 0 Å². The Morgan fingerprint density at radius 2 is 1.31 bits per heavy atom. The second-order valence-corrected chi connectivity index (χ2v) is 10.9. The summed E-state index contributed by atoms with van der Waals surface area (Å²) < 4.78 is 29.1. The number of unbranched alkanes of at least 4 members (excludes halogenated alkanes) is 1. The number of fused-ring (bicyclic) bond motifs is 2. The zero-order valence-corrected chi connectivity index (χ0v) is 28.8. The van der Waals surface area contributed by atoms with Crippen molar-refractivity contribution in [1.29, 1.82) is 0 Å². The van der Waals surface area contributed by atoms with Gasteiger partial charge in [-0.25, -0.2) is 9.48 Å². The molecule has 0 saturated heterocycles. The normalized spacial score (nSPS) is 18.0. The number of ketones is 2. The molecule has 0 aliphatic heterocycles. The molecular weight excluding hydrogens is 580 g/mol. The van der Waals surface area contributed by atoms with Gasteiger partial charge in [-0.1, -0.05) is 32.9 Å². The summed E-state index contributed by atoms with van der Waals surface area (Å²) in [7, 11) is 0. The van der Waals surface area contributed by atoms with Crippen LogP contribution >= 0.6 is 0 Å². The Balaban J connectivity index is 0.00000243. The first-order valence-electron chi connectivity index (χ1n) is 17.1. The van der Waals surface area contributed by atoms with Crippen LogP contribution in [0.4, 0.5) is 4.79 Å². The molecule has 0 aromatic carbocycles. The van der Waals surface area contributed by atoms with Gasteiger partial charge >= 0.3 is 6.09 Å². The minimum Gasteiger partial charge on any atom is -0.449 e. The fraction of sp³-hybridized carbons (Fsp3) is 0.848. The third-order valence-electron chi connectivity index (χ3n) is 7.64. The lowest BCUT2D eigenvalue weighted by molar-refractivity contribution is -0.118. The first-order valence-corrected chi connectivity index (χ1v) is 17.1. The van der Waals surface area contributed by atoms with Crippen LogP contribution in [0.15, 0.2) is 0 Å². The van der Waals surface area contributed by atoms with Crippen LogP contribution in [0.5, 0.6) is 0 Å². The van der Waals surface area contributed by atoms with Gasteiger partial charge in [0.05, 0.1) is 70.8 Å². The van der Waals surface area contributed by atoms with Crippen molar-refractivity contribution in [2.45, 2.75) is 99.5 Å². The Morgan fingerprint density at radius 1 is 0.756 bits per heavy atom. The molecule has 3 atom stereocenters. The number of carbonyl (C=O) groups is 3. The molecule has 2 aliphatic rings. The van der Waals surface area contributed by atoms with E-state index in [4.69, 9.17) is 23.7 Å². The van der Waals surface area contributed by atoms with Crippen LogP contribution in [0.2, 0.25) is 0 Å². The fourth-order valence-corrected chi connectivity index (χ4v) is 5.31. The van der Waals surface area contributed by atoms with Crippen LogP contribution in [-0.2, 0) is 52.7 Å². The number of alkyl carbamates (subject to hydrolysis) is 1. The van der Waals surface area contributed by atoms with Gasteiger partial charge in [0.25, 0.3) is 0 Å². The lowest BCUT2D eigenvalue weighted by Crippen LogP contribution is -2.29. The third-order valence-corrected chi connectivity index (χ3v) is 7.64. The molecular formula is C33H60N4O8. The number of ether oxygens (including phenoxy) is 5. The van der Waals surface area contributed by atoms with E-state index in [1.807, 2.05) is 32.4 Å². The fourth-order valence-electron chi connectivity index (χ4n) is 5.31. The maximum Gasteiger partial charge on any atom is 0.407 e. The molecule has 12 heteroatoms. The number of rotatable bonds is 22. The van der Waals surface area contributed by atoms with E-state index >= 15 is 0 Å². The van der Waals surface area contributed by atoms with Crippen molar-refractivity contribution in [3.05, 3.63) is 11.4 Å². The van der Waals surface area contributed by atoms with Crippen molar-refractivity contribution in [1.82, 2.24) is 20.3 Å². The van der Waals surface area contributed by atoms with Crippen molar-refractivity contribution in [2.75, 3.05) is 66.0 Å². The van der Waals surface area contributed by atoms with Gasteiger partial charge in [-0.05, 0) is 70.1 Å². The highest BCUT2D eigenvalue weighted by Gasteiger charge is 2.50. The second-order valence-electron chi connectivity index (χ2n) is 10.9. The van der Waals surface area contributed by atoms with Crippen LogP contribution in [0.25, 0.3) is 0 Å². The molecule has 3 unspecified atom stereocenters. The van der Waals surface area contributed by atoms with E-state index in [0.717, 1.165) is 50.8 Å². The van der Waals surface area contributed by atoms with E-state index in [9.17, 15) is 14.4 Å². The SMILES string of the molecule is CC.CC.CC(=O)CCCCn1nnc2c1CCC1C(CC2)C1COC(=O)NCCOCCOCCOCCOCCC(C)=O. The first kappa shape index (κ1) is 40.6. The highest BCUT2D eigenvalue weighted by Crippen LogP contribution is 2.52. The largest absolute Gasteiger partial charge is 0.449 e. The first-order chi connectivity index (χ1) is 22.0. The van der Waals surface area contributed by atoms with Crippen molar-refractivity contribution in [2.24, 2.45) is 17.8 Å². The molecule has 3 rings (SSSR count). The molecule has 1 heterocycles. The van der Waals surface area contributed by atoms with Gasteiger partial charge in [-0.15, -0.1) is 5.10 Å². The van der Waals surface area contributed by atoms with Crippen LogP contribution in [0.3, 0.4) is 0 Å².